The van der Waals surface area contributed by atoms with Crippen molar-refractivity contribution >= 4 is 39.5 Å². The summed E-state index contributed by atoms with van der Waals surface area (Å²) in [6.07, 6.45) is 62.8. The number of carbonyl (C=O) groups is 4. The van der Waals surface area contributed by atoms with Gasteiger partial charge in [-0.1, -0.05) is 389 Å². The van der Waals surface area contributed by atoms with E-state index < -0.39 is 97.5 Å². The fraction of sp³-hybridized carbons (Fsp3) is 0.953. The van der Waals surface area contributed by atoms with Gasteiger partial charge >= 0.3 is 39.5 Å². The third kappa shape index (κ3) is 78.2. The molecule has 17 nitrogen and oxygen atoms in total. The molecule has 0 bridgehead atoms. The summed E-state index contributed by atoms with van der Waals surface area (Å²) in [6, 6.07) is 0. The summed E-state index contributed by atoms with van der Waals surface area (Å²) < 4.78 is 68.8. The van der Waals surface area contributed by atoms with E-state index in [9.17, 15) is 43.2 Å². The molecule has 0 spiro atoms. The first-order valence-corrected chi connectivity index (χ1v) is 46.7. The van der Waals surface area contributed by atoms with Crippen molar-refractivity contribution in [3.05, 3.63) is 0 Å². The Balaban J connectivity index is 5.20. The van der Waals surface area contributed by atoms with E-state index in [1.807, 2.05) is 0 Å². The van der Waals surface area contributed by atoms with Gasteiger partial charge in [0.15, 0.2) is 12.2 Å². The first kappa shape index (κ1) is 102. The normalized spacial score (nSPS) is 14.0. The number of aliphatic hydroxyl groups excluding tert-OH is 1. The Labute approximate surface area is 638 Å². The first-order chi connectivity index (χ1) is 50.1. The van der Waals surface area contributed by atoms with Gasteiger partial charge < -0.3 is 33.8 Å². The average molecular weight is 1520 g/mol. The Bertz CT molecular complexity index is 2020. The van der Waals surface area contributed by atoms with E-state index in [4.69, 9.17) is 37.0 Å². The van der Waals surface area contributed by atoms with Crippen LogP contribution in [0.1, 0.15) is 441 Å². The molecule has 0 fully saturated rings. The Hall–Kier alpha value is -1.94. The Morgan fingerprint density at radius 2 is 0.404 bits per heavy atom. The molecule has 0 amide bonds. The second kappa shape index (κ2) is 73.8. The van der Waals surface area contributed by atoms with Crippen molar-refractivity contribution in [3.63, 3.8) is 0 Å². The maximum atomic E-state index is 13.1. The van der Waals surface area contributed by atoms with Gasteiger partial charge in [-0.15, -0.1) is 0 Å². The second-order valence-electron chi connectivity index (χ2n) is 32.5. The number of unbranched alkanes of at least 4 members (excludes halogenated alkanes) is 48. The maximum Gasteiger partial charge on any atom is 0.472 e. The SMILES string of the molecule is CC(C)CCCCCCCCCCCCCCCCCCCCC(=O)OC[C@H](COP(=O)(O)OCC(O)COP(=O)(O)OC[C@@H](COC(=O)CCCCCCCCCCC(C)C)OC(=O)CCCCCCCCCCC(C)C)OC(=O)CCCCCCCCCCCCCCCCCCCCC(C)C. The molecule has 0 aromatic carbocycles. The van der Waals surface area contributed by atoms with E-state index in [0.29, 0.717) is 25.7 Å². The van der Waals surface area contributed by atoms with E-state index in [1.54, 1.807) is 0 Å². The summed E-state index contributed by atoms with van der Waals surface area (Å²) in [4.78, 5) is 73.1. The Morgan fingerprint density at radius 3 is 0.596 bits per heavy atom. The highest BCUT2D eigenvalue weighted by Crippen LogP contribution is 2.45. The molecule has 0 radical (unpaired) electrons. The fourth-order valence-corrected chi connectivity index (χ4v) is 14.7. The molecule has 3 N–H and O–H groups in total. The van der Waals surface area contributed by atoms with Crippen LogP contribution in [0.15, 0.2) is 0 Å². The molecule has 3 unspecified atom stereocenters. The first-order valence-electron chi connectivity index (χ1n) is 43.7. The summed E-state index contributed by atoms with van der Waals surface area (Å²) >= 11 is 0. The summed E-state index contributed by atoms with van der Waals surface area (Å²) in [5.41, 5.74) is 0. The lowest BCUT2D eigenvalue weighted by atomic mass is 10.0. The third-order valence-corrected chi connectivity index (χ3v) is 21.7. The predicted molar refractivity (Wildman–Crippen MR) is 428 cm³/mol. The van der Waals surface area contributed by atoms with Crippen LogP contribution in [-0.4, -0.2) is 96.7 Å². The van der Waals surface area contributed by atoms with Gasteiger partial charge in [0.25, 0.3) is 0 Å². The number of esters is 4. The molecule has 0 aromatic rings. The molecule has 0 saturated carbocycles. The Morgan fingerprint density at radius 1 is 0.240 bits per heavy atom. The lowest BCUT2D eigenvalue weighted by molar-refractivity contribution is -0.161. The van der Waals surface area contributed by atoms with Crippen molar-refractivity contribution in [1.29, 1.82) is 0 Å². The highest BCUT2D eigenvalue weighted by Gasteiger charge is 2.30. The van der Waals surface area contributed by atoms with Crippen molar-refractivity contribution in [1.82, 2.24) is 0 Å². The van der Waals surface area contributed by atoms with Crippen LogP contribution in [0.2, 0.25) is 0 Å². The van der Waals surface area contributed by atoms with Gasteiger partial charge in [-0.05, 0) is 49.4 Å². The van der Waals surface area contributed by atoms with Gasteiger partial charge in [0.05, 0.1) is 26.4 Å². The monoisotopic (exact) mass is 1520 g/mol. The number of hydrogen-bond donors (Lipinski definition) is 3. The van der Waals surface area contributed by atoms with Crippen molar-refractivity contribution in [2.45, 2.75) is 459 Å². The van der Waals surface area contributed by atoms with Gasteiger partial charge in [-0.25, -0.2) is 9.13 Å². The number of hydrogen-bond acceptors (Lipinski definition) is 15. The predicted octanol–water partition coefficient (Wildman–Crippen LogP) is 25.6. The smallest absolute Gasteiger partial charge is 0.462 e. The van der Waals surface area contributed by atoms with Crippen LogP contribution in [0.4, 0.5) is 0 Å². The molecule has 0 aliphatic rings. The van der Waals surface area contributed by atoms with Crippen LogP contribution in [0.25, 0.3) is 0 Å². The topological polar surface area (TPSA) is 237 Å². The minimum absolute atomic E-state index is 0.104. The van der Waals surface area contributed by atoms with Crippen LogP contribution in [0, 0.1) is 23.7 Å². The van der Waals surface area contributed by atoms with Crippen molar-refractivity contribution < 1.29 is 80.2 Å². The quantitative estimate of drug-likeness (QED) is 0.0222. The number of carbonyl (C=O) groups excluding carboxylic acids is 4. The average Bonchev–Trinajstić information content (AvgIpc) is 0.902. The zero-order valence-electron chi connectivity index (χ0n) is 68.7. The molecule has 0 aliphatic carbocycles. The molecule has 0 heterocycles. The van der Waals surface area contributed by atoms with E-state index in [1.165, 1.54) is 244 Å². The summed E-state index contributed by atoms with van der Waals surface area (Å²) in [7, 11) is -9.93. The summed E-state index contributed by atoms with van der Waals surface area (Å²) in [6.45, 7) is 14.3. The molecule has 618 valence electrons. The zero-order chi connectivity index (χ0) is 76.7. The summed E-state index contributed by atoms with van der Waals surface area (Å²) in [5, 5.41) is 10.7. The van der Waals surface area contributed by atoms with Gasteiger partial charge in [0.1, 0.15) is 19.3 Å². The number of phosphoric acid groups is 2. The van der Waals surface area contributed by atoms with E-state index >= 15 is 0 Å². The van der Waals surface area contributed by atoms with Gasteiger partial charge in [0, 0.05) is 25.7 Å². The molecular weight excluding hydrogens is 1350 g/mol. The molecule has 19 heteroatoms. The van der Waals surface area contributed by atoms with Crippen molar-refractivity contribution in [3.8, 4) is 0 Å². The highest BCUT2D eigenvalue weighted by molar-refractivity contribution is 7.47. The number of ether oxygens (including phenoxy) is 4. The van der Waals surface area contributed by atoms with Crippen LogP contribution in [0.5, 0.6) is 0 Å². The van der Waals surface area contributed by atoms with E-state index in [0.717, 1.165) is 114 Å². The molecule has 5 atom stereocenters. The van der Waals surface area contributed by atoms with Crippen LogP contribution in [-0.2, 0) is 65.4 Å². The van der Waals surface area contributed by atoms with E-state index in [-0.39, 0.29) is 25.7 Å². The second-order valence-corrected chi connectivity index (χ2v) is 35.4. The van der Waals surface area contributed by atoms with Crippen LogP contribution in [0.3, 0.4) is 0 Å². The molecule has 0 aliphatic heterocycles. The molecule has 104 heavy (non-hydrogen) atoms. The fourth-order valence-electron chi connectivity index (χ4n) is 13.1. The van der Waals surface area contributed by atoms with Gasteiger partial charge in [0.2, 0.25) is 0 Å². The van der Waals surface area contributed by atoms with Gasteiger partial charge in [-0.3, -0.25) is 37.3 Å². The number of phosphoric ester groups is 2. The zero-order valence-corrected chi connectivity index (χ0v) is 70.5. The highest BCUT2D eigenvalue weighted by atomic mass is 31.2. The van der Waals surface area contributed by atoms with Crippen molar-refractivity contribution in [2.75, 3.05) is 39.6 Å². The molecule has 0 saturated heterocycles. The third-order valence-electron chi connectivity index (χ3n) is 19.8. The molecule has 0 rings (SSSR count). The minimum Gasteiger partial charge on any atom is -0.462 e. The van der Waals surface area contributed by atoms with Crippen molar-refractivity contribution in [2.24, 2.45) is 23.7 Å². The van der Waals surface area contributed by atoms with Gasteiger partial charge in [-0.2, -0.15) is 0 Å². The van der Waals surface area contributed by atoms with Crippen LogP contribution < -0.4 is 0 Å². The van der Waals surface area contributed by atoms with E-state index in [2.05, 4.69) is 55.4 Å². The lowest BCUT2D eigenvalue weighted by Gasteiger charge is -2.21. The Kier molecular flexibility index (Phi) is 72.5. The number of rotatable bonds is 82. The maximum absolute atomic E-state index is 13.1. The molecular formula is C85H166O17P2. The molecule has 0 aromatic heterocycles. The lowest BCUT2D eigenvalue weighted by Crippen LogP contribution is -2.30. The largest absolute Gasteiger partial charge is 0.472 e. The minimum atomic E-state index is -4.97. The standard InChI is InChI=1S/C85H166O17P2/c1-75(2)61-53-45-37-29-25-21-17-13-9-11-15-19-23-27-31-41-49-57-65-82(87)95-71-80(101-84(89)67-59-51-43-32-28-24-20-16-12-10-14-18-22-26-30-38-46-54-62-76(3)4)73-99-103(91,92)97-69-79(86)70-98-104(93,94)100-74-81(102-85(90)68-60-52-44-36-34-40-48-56-64-78(7)8)72-96-83(88)66-58-50-42-35-33-39-47-55-63-77(5)6/h75-81,86H,9-74H2,1-8H3,(H,91,92)(H,93,94)/t79?,80-,81-/m1/s1. The summed E-state index contributed by atoms with van der Waals surface area (Å²) in [5.74, 6) is 0.976. The van der Waals surface area contributed by atoms with Crippen LogP contribution >= 0.6 is 15.6 Å². The number of aliphatic hydroxyl groups is 1.